The molecular weight excluding hydrogens is 262 g/mol. The first-order chi connectivity index (χ1) is 10.0. The second-order valence-electron chi connectivity index (χ2n) is 6.85. The minimum Gasteiger partial charge on any atom is -0.376 e. The Morgan fingerprint density at radius 1 is 1.24 bits per heavy atom. The molecule has 0 aliphatic carbocycles. The molecule has 1 unspecified atom stereocenters. The fourth-order valence-corrected chi connectivity index (χ4v) is 2.59. The average Bonchev–Trinajstić information content (AvgIpc) is 2.92. The molecule has 1 fully saturated rings. The molecule has 3 nitrogen and oxygen atoms in total. The van der Waals surface area contributed by atoms with E-state index in [1.165, 1.54) is 17.5 Å². The summed E-state index contributed by atoms with van der Waals surface area (Å²) in [4.78, 5) is 0. The van der Waals surface area contributed by atoms with Crippen LogP contribution >= 0.6 is 0 Å². The first-order valence-corrected chi connectivity index (χ1v) is 8.06. The van der Waals surface area contributed by atoms with Crippen LogP contribution in [0, 0.1) is 0 Å². The van der Waals surface area contributed by atoms with Crippen molar-refractivity contribution >= 4 is 0 Å². The predicted molar refractivity (Wildman–Crippen MR) is 86.5 cm³/mol. The monoisotopic (exact) mass is 291 g/mol. The Labute approximate surface area is 129 Å². The molecule has 0 bridgehead atoms. The summed E-state index contributed by atoms with van der Waals surface area (Å²) >= 11 is 0. The normalized spacial score (nSPS) is 19.1. The molecule has 1 heterocycles. The summed E-state index contributed by atoms with van der Waals surface area (Å²) in [7, 11) is 0. The van der Waals surface area contributed by atoms with Crippen molar-refractivity contribution in [3.05, 3.63) is 35.4 Å². The Morgan fingerprint density at radius 2 is 2.00 bits per heavy atom. The standard InChI is InChI=1S/C18H29NO2/c1-18(2,3)19-11-10-15-7-4-5-8-16(15)13-20-14-17-9-6-12-21-17/h4-5,7-8,17,19H,6,9-14H2,1-3H3. The first kappa shape index (κ1) is 16.5. The van der Waals surface area contributed by atoms with Gasteiger partial charge in [0.2, 0.25) is 0 Å². The molecule has 0 radical (unpaired) electrons. The van der Waals surface area contributed by atoms with Crippen molar-refractivity contribution in [3.8, 4) is 0 Å². The van der Waals surface area contributed by atoms with Gasteiger partial charge in [-0.2, -0.15) is 0 Å². The minimum atomic E-state index is 0.172. The highest BCUT2D eigenvalue weighted by atomic mass is 16.5. The van der Waals surface area contributed by atoms with Crippen LogP contribution in [-0.2, 0) is 22.5 Å². The topological polar surface area (TPSA) is 30.5 Å². The van der Waals surface area contributed by atoms with Gasteiger partial charge in [0.1, 0.15) is 0 Å². The van der Waals surface area contributed by atoms with Crippen molar-refractivity contribution in [1.29, 1.82) is 0 Å². The third kappa shape index (κ3) is 6.16. The largest absolute Gasteiger partial charge is 0.376 e. The van der Waals surface area contributed by atoms with Crippen molar-refractivity contribution in [2.75, 3.05) is 19.8 Å². The van der Waals surface area contributed by atoms with Gasteiger partial charge in [0, 0.05) is 12.1 Å². The second-order valence-corrected chi connectivity index (χ2v) is 6.85. The molecule has 3 heteroatoms. The number of nitrogens with one attached hydrogen (secondary N) is 1. The minimum absolute atomic E-state index is 0.172. The number of rotatable bonds is 7. The lowest BCUT2D eigenvalue weighted by Crippen LogP contribution is -2.37. The number of hydrogen-bond acceptors (Lipinski definition) is 3. The fraction of sp³-hybridized carbons (Fsp3) is 0.667. The van der Waals surface area contributed by atoms with Crippen LogP contribution in [0.2, 0.25) is 0 Å². The summed E-state index contributed by atoms with van der Waals surface area (Å²) in [5, 5.41) is 3.54. The molecule has 0 saturated carbocycles. The fourth-order valence-electron chi connectivity index (χ4n) is 2.59. The zero-order valence-electron chi connectivity index (χ0n) is 13.7. The van der Waals surface area contributed by atoms with Crippen molar-refractivity contribution in [2.45, 2.75) is 58.3 Å². The Morgan fingerprint density at radius 3 is 2.67 bits per heavy atom. The lowest BCUT2D eigenvalue weighted by Gasteiger charge is -2.21. The molecule has 1 aromatic carbocycles. The van der Waals surface area contributed by atoms with Crippen LogP contribution in [0.5, 0.6) is 0 Å². The van der Waals surface area contributed by atoms with Crippen LogP contribution in [0.3, 0.4) is 0 Å². The van der Waals surface area contributed by atoms with Gasteiger partial charge < -0.3 is 14.8 Å². The average molecular weight is 291 g/mol. The van der Waals surface area contributed by atoms with Gasteiger partial charge in [-0.3, -0.25) is 0 Å². The molecular formula is C18H29NO2. The van der Waals surface area contributed by atoms with Crippen LogP contribution in [-0.4, -0.2) is 31.4 Å². The number of benzene rings is 1. The van der Waals surface area contributed by atoms with Gasteiger partial charge in [-0.15, -0.1) is 0 Å². The zero-order chi connectivity index (χ0) is 15.1. The highest BCUT2D eigenvalue weighted by Crippen LogP contribution is 2.15. The van der Waals surface area contributed by atoms with E-state index in [0.29, 0.717) is 19.3 Å². The van der Waals surface area contributed by atoms with Gasteiger partial charge in [0.25, 0.3) is 0 Å². The predicted octanol–water partition coefficient (Wildman–Crippen LogP) is 3.31. The molecule has 2 rings (SSSR count). The third-order valence-electron chi connectivity index (χ3n) is 3.75. The summed E-state index contributed by atoms with van der Waals surface area (Å²) in [5.41, 5.74) is 2.85. The molecule has 1 N–H and O–H groups in total. The van der Waals surface area contributed by atoms with Crippen LogP contribution in [0.15, 0.2) is 24.3 Å². The summed E-state index contributed by atoms with van der Waals surface area (Å²) in [6.07, 6.45) is 3.65. The Hall–Kier alpha value is -0.900. The molecule has 21 heavy (non-hydrogen) atoms. The van der Waals surface area contributed by atoms with E-state index in [1.807, 2.05) is 0 Å². The number of hydrogen-bond donors (Lipinski definition) is 1. The van der Waals surface area contributed by atoms with E-state index in [1.54, 1.807) is 0 Å². The molecule has 1 atom stereocenters. The van der Waals surface area contributed by atoms with E-state index >= 15 is 0 Å². The summed E-state index contributed by atoms with van der Waals surface area (Å²) in [5.74, 6) is 0. The molecule has 1 aliphatic heterocycles. The maximum atomic E-state index is 5.85. The molecule has 118 valence electrons. The zero-order valence-corrected chi connectivity index (χ0v) is 13.7. The van der Waals surface area contributed by atoms with Gasteiger partial charge in [0.15, 0.2) is 0 Å². The molecule has 0 amide bonds. The van der Waals surface area contributed by atoms with E-state index in [4.69, 9.17) is 9.47 Å². The quantitative estimate of drug-likeness (QED) is 0.836. The molecule has 0 aromatic heterocycles. The molecule has 0 spiro atoms. The van der Waals surface area contributed by atoms with Gasteiger partial charge >= 0.3 is 0 Å². The smallest absolute Gasteiger partial charge is 0.0809 e. The van der Waals surface area contributed by atoms with Gasteiger partial charge in [0.05, 0.1) is 19.3 Å². The van der Waals surface area contributed by atoms with Crippen LogP contribution < -0.4 is 5.32 Å². The van der Waals surface area contributed by atoms with Crippen molar-refractivity contribution in [3.63, 3.8) is 0 Å². The van der Waals surface area contributed by atoms with Crippen molar-refractivity contribution in [2.24, 2.45) is 0 Å². The van der Waals surface area contributed by atoms with Crippen LogP contribution in [0.25, 0.3) is 0 Å². The Balaban J connectivity index is 1.78. The first-order valence-electron chi connectivity index (χ1n) is 8.06. The number of ether oxygens (including phenoxy) is 2. The molecule has 1 saturated heterocycles. The van der Waals surface area contributed by atoms with E-state index in [-0.39, 0.29) is 5.54 Å². The highest BCUT2D eigenvalue weighted by molar-refractivity contribution is 5.26. The molecule has 1 aliphatic rings. The highest BCUT2D eigenvalue weighted by Gasteiger charge is 2.15. The van der Waals surface area contributed by atoms with E-state index in [0.717, 1.165) is 26.0 Å². The lowest BCUT2D eigenvalue weighted by atomic mass is 10.0. The van der Waals surface area contributed by atoms with Crippen LogP contribution in [0.1, 0.15) is 44.7 Å². The third-order valence-corrected chi connectivity index (χ3v) is 3.75. The Bertz CT molecular complexity index is 419. The van der Waals surface area contributed by atoms with Crippen LogP contribution in [0.4, 0.5) is 0 Å². The van der Waals surface area contributed by atoms with Crippen molar-refractivity contribution < 1.29 is 9.47 Å². The van der Waals surface area contributed by atoms with Gasteiger partial charge in [-0.1, -0.05) is 24.3 Å². The lowest BCUT2D eigenvalue weighted by molar-refractivity contribution is 0.0104. The van der Waals surface area contributed by atoms with Crippen molar-refractivity contribution in [1.82, 2.24) is 5.32 Å². The van der Waals surface area contributed by atoms with Gasteiger partial charge in [-0.05, 0) is 57.7 Å². The summed E-state index contributed by atoms with van der Waals surface area (Å²) in [6.45, 7) is 9.88. The summed E-state index contributed by atoms with van der Waals surface area (Å²) in [6, 6.07) is 8.57. The van der Waals surface area contributed by atoms with E-state index in [9.17, 15) is 0 Å². The summed E-state index contributed by atoms with van der Waals surface area (Å²) < 4.78 is 11.4. The maximum absolute atomic E-state index is 5.85. The Kier molecular flexibility index (Phi) is 6.22. The second kappa shape index (κ2) is 7.92. The van der Waals surface area contributed by atoms with E-state index in [2.05, 4.69) is 50.4 Å². The maximum Gasteiger partial charge on any atom is 0.0809 e. The van der Waals surface area contributed by atoms with E-state index < -0.39 is 0 Å². The SMILES string of the molecule is CC(C)(C)NCCc1ccccc1COCC1CCCO1. The van der Waals surface area contributed by atoms with Gasteiger partial charge in [-0.25, -0.2) is 0 Å². The molecule has 1 aromatic rings.